The van der Waals surface area contributed by atoms with Crippen LogP contribution in [0.1, 0.15) is 65.2 Å². The van der Waals surface area contributed by atoms with Crippen molar-refractivity contribution in [2.75, 3.05) is 13.2 Å². The summed E-state index contributed by atoms with van der Waals surface area (Å²) in [5.74, 6) is 1.89. The smallest absolute Gasteiger partial charge is 0.119 e. The van der Waals surface area contributed by atoms with Crippen LogP contribution in [0.3, 0.4) is 0 Å². The predicted octanol–water partition coefficient (Wildman–Crippen LogP) is 5.60. The van der Waals surface area contributed by atoms with Crippen LogP contribution < -0.4 is 9.47 Å². The van der Waals surface area contributed by atoms with Crippen LogP contribution in [-0.2, 0) is 0 Å². The summed E-state index contributed by atoms with van der Waals surface area (Å²) in [6.07, 6.45) is 9.94. The standard InChI is InChI=1S/C18H30O2/c1-3-5-7-9-15-19-17-11-13-18(14-12-17)20-16-10-8-6-4-2/h11-14H,3-10,15-16H2,1-2H3. The SMILES string of the molecule is CCCCCCOc1ccc(OCCCCCC)cc1. The van der Waals surface area contributed by atoms with Gasteiger partial charge in [-0.25, -0.2) is 0 Å². The van der Waals surface area contributed by atoms with Crippen LogP contribution in [-0.4, -0.2) is 13.2 Å². The first-order valence-electron chi connectivity index (χ1n) is 8.22. The van der Waals surface area contributed by atoms with Crippen LogP contribution in [0.25, 0.3) is 0 Å². The number of ether oxygens (including phenoxy) is 2. The molecule has 0 saturated heterocycles. The zero-order chi connectivity index (χ0) is 14.5. The molecule has 0 aliphatic carbocycles. The zero-order valence-electron chi connectivity index (χ0n) is 13.2. The third-order valence-electron chi connectivity index (χ3n) is 3.36. The number of rotatable bonds is 12. The van der Waals surface area contributed by atoms with E-state index >= 15 is 0 Å². The van der Waals surface area contributed by atoms with Crippen molar-refractivity contribution in [1.29, 1.82) is 0 Å². The van der Waals surface area contributed by atoms with Gasteiger partial charge < -0.3 is 9.47 Å². The third-order valence-corrected chi connectivity index (χ3v) is 3.36. The van der Waals surface area contributed by atoms with E-state index in [2.05, 4.69) is 13.8 Å². The number of hydrogen-bond acceptors (Lipinski definition) is 2. The Morgan fingerprint density at radius 1 is 0.600 bits per heavy atom. The molecule has 0 atom stereocenters. The van der Waals surface area contributed by atoms with Gasteiger partial charge in [0.1, 0.15) is 11.5 Å². The first kappa shape index (κ1) is 16.9. The molecule has 0 unspecified atom stereocenters. The minimum atomic E-state index is 0.817. The molecule has 1 aromatic carbocycles. The van der Waals surface area contributed by atoms with Gasteiger partial charge in [0.25, 0.3) is 0 Å². The van der Waals surface area contributed by atoms with Gasteiger partial charge in [0.05, 0.1) is 13.2 Å². The van der Waals surface area contributed by atoms with Crippen molar-refractivity contribution in [3.8, 4) is 11.5 Å². The number of unbranched alkanes of at least 4 members (excludes halogenated alkanes) is 6. The van der Waals surface area contributed by atoms with E-state index in [0.29, 0.717) is 0 Å². The monoisotopic (exact) mass is 278 g/mol. The minimum absolute atomic E-state index is 0.817. The highest BCUT2D eigenvalue weighted by Gasteiger charge is 1.97. The molecule has 2 heteroatoms. The highest BCUT2D eigenvalue weighted by Crippen LogP contribution is 2.18. The molecule has 2 nitrogen and oxygen atoms in total. The maximum Gasteiger partial charge on any atom is 0.119 e. The molecular weight excluding hydrogens is 248 g/mol. The molecule has 0 fully saturated rings. The average molecular weight is 278 g/mol. The van der Waals surface area contributed by atoms with E-state index in [1.54, 1.807) is 0 Å². The van der Waals surface area contributed by atoms with Gasteiger partial charge in [-0.1, -0.05) is 52.4 Å². The van der Waals surface area contributed by atoms with Gasteiger partial charge >= 0.3 is 0 Å². The lowest BCUT2D eigenvalue weighted by Gasteiger charge is -2.08. The third kappa shape index (κ3) is 8.08. The Hall–Kier alpha value is -1.18. The molecule has 1 aromatic rings. The van der Waals surface area contributed by atoms with Crippen molar-refractivity contribution in [2.45, 2.75) is 65.2 Å². The predicted molar refractivity (Wildman–Crippen MR) is 85.7 cm³/mol. The highest BCUT2D eigenvalue weighted by molar-refractivity contribution is 5.31. The largest absolute Gasteiger partial charge is 0.494 e. The molecule has 0 aliphatic rings. The molecule has 0 saturated carbocycles. The van der Waals surface area contributed by atoms with E-state index in [1.807, 2.05) is 24.3 Å². The van der Waals surface area contributed by atoms with Gasteiger partial charge in [0, 0.05) is 0 Å². The van der Waals surface area contributed by atoms with Gasteiger partial charge in [0.15, 0.2) is 0 Å². The van der Waals surface area contributed by atoms with Crippen molar-refractivity contribution in [1.82, 2.24) is 0 Å². The van der Waals surface area contributed by atoms with E-state index in [1.165, 1.54) is 38.5 Å². The van der Waals surface area contributed by atoms with Crippen LogP contribution in [0.5, 0.6) is 11.5 Å². The van der Waals surface area contributed by atoms with Crippen LogP contribution in [0, 0.1) is 0 Å². The maximum atomic E-state index is 5.71. The summed E-state index contributed by atoms with van der Waals surface area (Å²) in [5.41, 5.74) is 0. The molecule has 0 aliphatic heterocycles. The van der Waals surface area contributed by atoms with Crippen molar-refractivity contribution < 1.29 is 9.47 Å². The minimum Gasteiger partial charge on any atom is -0.494 e. The molecule has 20 heavy (non-hydrogen) atoms. The summed E-state index contributed by atoms with van der Waals surface area (Å²) in [7, 11) is 0. The van der Waals surface area contributed by atoms with Crippen LogP contribution >= 0.6 is 0 Å². The second-order valence-electron chi connectivity index (χ2n) is 5.29. The molecule has 0 radical (unpaired) electrons. The number of benzene rings is 1. The molecule has 0 spiro atoms. The fourth-order valence-electron chi connectivity index (χ4n) is 2.07. The Balaban J connectivity index is 2.13. The van der Waals surface area contributed by atoms with E-state index in [-0.39, 0.29) is 0 Å². The lowest BCUT2D eigenvalue weighted by atomic mass is 10.2. The summed E-state index contributed by atoms with van der Waals surface area (Å²) in [5, 5.41) is 0. The summed E-state index contributed by atoms with van der Waals surface area (Å²) in [4.78, 5) is 0. The lowest BCUT2D eigenvalue weighted by Crippen LogP contribution is -1.99. The molecule has 0 N–H and O–H groups in total. The Kier molecular flexibility index (Phi) is 9.81. The second-order valence-corrected chi connectivity index (χ2v) is 5.29. The van der Waals surface area contributed by atoms with Gasteiger partial charge in [0.2, 0.25) is 0 Å². The second kappa shape index (κ2) is 11.6. The lowest BCUT2D eigenvalue weighted by molar-refractivity contribution is 0.297. The van der Waals surface area contributed by atoms with Gasteiger partial charge in [-0.05, 0) is 37.1 Å². The topological polar surface area (TPSA) is 18.5 Å². The van der Waals surface area contributed by atoms with Crippen LogP contribution in [0.15, 0.2) is 24.3 Å². The van der Waals surface area contributed by atoms with Crippen molar-refractivity contribution in [2.24, 2.45) is 0 Å². The normalized spacial score (nSPS) is 10.5. The highest BCUT2D eigenvalue weighted by atomic mass is 16.5. The zero-order valence-corrected chi connectivity index (χ0v) is 13.2. The first-order chi connectivity index (χ1) is 9.86. The Labute approximate surface area is 124 Å². The summed E-state index contributed by atoms with van der Waals surface area (Å²) < 4.78 is 11.4. The van der Waals surface area contributed by atoms with Crippen molar-refractivity contribution in [3.05, 3.63) is 24.3 Å². The molecule has 0 bridgehead atoms. The molecule has 0 aromatic heterocycles. The van der Waals surface area contributed by atoms with Gasteiger partial charge in [-0.3, -0.25) is 0 Å². The van der Waals surface area contributed by atoms with E-state index in [0.717, 1.165) is 37.6 Å². The van der Waals surface area contributed by atoms with Gasteiger partial charge in [-0.2, -0.15) is 0 Å². The van der Waals surface area contributed by atoms with E-state index < -0.39 is 0 Å². The summed E-state index contributed by atoms with van der Waals surface area (Å²) in [6.45, 7) is 6.08. The fraction of sp³-hybridized carbons (Fsp3) is 0.667. The Bertz CT molecular complexity index is 286. The van der Waals surface area contributed by atoms with E-state index in [4.69, 9.17) is 9.47 Å². The van der Waals surface area contributed by atoms with Crippen molar-refractivity contribution in [3.63, 3.8) is 0 Å². The maximum absolute atomic E-state index is 5.71. The summed E-state index contributed by atoms with van der Waals surface area (Å²) in [6, 6.07) is 8.00. The number of hydrogen-bond donors (Lipinski definition) is 0. The average Bonchev–Trinajstić information content (AvgIpc) is 2.48. The molecule has 0 heterocycles. The Morgan fingerprint density at radius 2 is 1.00 bits per heavy atom. The van der Waals surface area contributed by atoms with Gasteiger partial charge in [-0.15, -0.1) is 0 Å². The first-order valence-corrected chi connectivity index (χ1v) is 8.22. The quantitative estimate of drug-likeness (QED) is 0.463. The summed E-state index contributed by atoms with van der Waals surface area (Å²) >= 11 is 0. The fourth-order valence-corrected chi connectivity index (χ4v) is 2.07. The molecular formula is C18H30O2. The van der Waals surface area contributed by atoms with Crippen molar-refractivity contribution >= 4 is 0 Å². The van der Waals surface area contributed by atoms with Crippen LogP contribution in [0.4, 0.5) is 0 Å². The van der Waals surface area contributed by atoms with Crippen LogP contribution in [0.2, 0.25) is 0 Å². The molecule has 114 valence electrons. The molecule has 0 amide bonds. The Morgan fingerprint density at radius 3 is 1.35 bits per heavy atom. The molecule has 1 rings (SSSR count). The van der Waals surface area contributed by atoms with E-state index in [9.17, 15) is 0 Å².